The molecular formula is C22H26N2O4S. The fourth-order valence-corrected chi connectivity index (χ4v) is 4.72. The van der Waals surface area contributed by atoms with Crippen molar-refractivity contribution in [1.82, 2.24) is 4.90 Å². The van der Waals surface area contributed by atoms with Crippen molar-refractivity contribution in [2.75, 3.05) is 18.5 Å². The number of benzene rings is 1. The van der Waals surface area contributed by atoms with Crippen LogP contribution in [-0.2, 0) is 22.5 Å². The van der Waals surface area contributed by atoms with Crippen molar-refractivity contribution in [2.24, 2.45) is 0 Å². The number of carbonyl (C=O) groups is 3. The molecular weight excluding hydrogens is 388 g/mol. The average Bonchev–Trinajstić information content (AvgIpc) is 3.24. The predicted molar refractivity (Wildman–Crippen MR) is 113 cm³/mol. The minimum absolute atomic E-state index is 0.153. The summed E-state index contributed by atoms with van der Waals surface area (Å²) < 4.78 is 5.19. The van der Waals surface area contributed by atoms with Crippen LogP contribution in [0.2, 0.25) is 0 Å². The largest absolute Gasteiger partial charge is 0.462 e. The zero-order valence-electron chi connectivity index (χ0n) is 17.0. The highest BCUT2D eigenvalue weighted by Crippen LogP contribution is 2.34. The van der Waals surface area contributed by atoms with Crippen LogP contribution in [0.15, 0.2) is 24.3 Å². The average molecular weight is 415 g/mol. The maximum atomic E-state index is 12.9. The Balaban J connectivity index is 1.81. The van der Waals surface area contributed by atoms with Crippen molar-refractivity contribution < 1.29 is 19.1 Å². The number of anilines is 1. The Morgan fingerprint density at radius 1 is 1.28 bits per heavy atom. The van der Waals surface area contributed by atoms with Crippen molar-refractivity contribution in [3.05, 3.63) is 51.4 Å². The number of carbonyl (C=O) groups excluding carboxylic acids is 3. The third-order valence-electron chi connectivity index (χ3n) is 5.00. The number of thiophene rings is 1. The van der Waals surface area contributed by atoms with Crippen LogP contribution in [0.5, 0.6) is 0 Å². The topological polar surface area (TPSA) is 75.7 Å². The monoisotopic (exact) mass is 414 g/mol. The maximum Gasteiger partial charge on any atom is 0.341 e. The molecule has 0 bridgehead atoms. The Morgan fingerprint density at radius 2 is 2.07 bits per heavy atom. The molecule has 3 rings (SSSR count). The van der Waals surface area contributed by atoms with E-state index in [0.29, 0.717) is 35.5 Å². The van der Waals surface area contributed by atoms with Gasteiger partial charge >= 0.3 is 5.97 Å². The Bertz CT molecular complexity index is 935. The van der Waals surface area contributed by atoms with Gasteiger partial charge in [0.05, 0.1) is 12.2 Å². The molecule has 2 heterocycles. The first-order valence-electron chi connectivity index (χ1n) is 9.92. The smallest absolute Gasteiger partial charge is 0.341 e. The van der Waals surface area contributed by atoms with E-state index >= 15 is 0 Å². The van der Waals surface area contributed by atoms with Crippen LogP contribution in [0.1, 0.15) is 63.4 Å². The molecule has 1 fully saturated rings. The molecule has 1 aliphatic rings. The summed E-state index contributed by atoms with van der Waals surface area (Å²) in [6.45, 7) is 7.22. The van der Waals surface area contributed by atoms with Gasteiger partial charge in [-0.3, -0.25) is 9.59 Å². The second-order valence-corrected chi connectivity index (χ2v) is 8.21. The Labute approximate surface area is 174 Å². The fraction of sp³-hybridized carbons (Fsp3) is 0.409. The summed E-state index contributed by atoms with van der Waals surface area (Å²) in [6, 6.07) is 7.26. The van der Waals surface area contributed by atoms with Gasteiger partial charge in [-0.15, -0.1) is 11.3 Å². The van der Waals surface area contributed by atoms with Gasteiger partial charge in [0.1, 0.15) is 5.00 Å². The van der Waals surface area contributed by atoms with Gasteiger partial charge in [-0.2, -0.15) is 0 Å². The molecule has 1 aromatic heterocycles. The third kappa shape index (κ3) is 4.67. The van der Waals surface area contributed by atoms with E-state index in [2.05, 4.69) is 5.32 Å². The summed E-state index contributed by atoms with van der Waals surface area (Å²) in [6.07, 6.45) is 2.16. The number of likely N-dealkylation sites (tertiary alicyclic amines) is 1. The first-order chi connectivity index (χ1) is 13.9. The molecule has 0 atom stereocenters. The number of ether oxygens (including phenoxy) is 1. The normalized spacial score (nSPS) is 13.6. The van der Waals surface area contributed by atoms with E-state index in [1.807, 2.05) is 30.9 Å². The van der Waals surface area contributed by atoms with Gasteiger partial charge in [0, 0.05) is 30.0 Å². The first-order valence-corrected chi connectivity index (χ1v) is 10.7. The molecule has 0 unspecified atom stereocenters. The number of aryl methyl sites for hydroxylation is 1. The highest BCUT2D eigenvalue weighted by molar-refractivity contribution is 7.16. The lowest BCUT2D eigenvalue weighted by Gasteiger charge is -2.16. The number of hydrogen-bond donors (Lipinski definition) is 1. The van der Waals surface area contributed by atoms with E-state index < -0.39 is 5.97 Å². The molecule has 1 aliphatic heterocycles. The van der Waals surface area contributed by atoms with Gasteiger partial charge in [-0.1, -0.05) is 19.1 Å². The summed E-state index contributed by atoms with van der Waals surface area (Å²) in [7, 11) is 0. The molecule has 1 N–H and O–H groups in total. The van der Waals surface area contributed by atoms with Gasteiger partial charge < -0.3 is 15.0 Å². The number of nitrogens with one attached hydrogen (secondary N) is 1. The zero-order chi connectivity index (χ0) is 21.0. The lowest BCUT2D eigenvalue weighted by molar-refractivity contribution is -0.128. The minimum atomic E-state index is -0.412. The Morgan fingerprint density at radius 3 is 2.72 bits per heavy atom. The van der Waals surface area contributed by atoms with Crippen molar-refractivity contribution >= 4 is 34.1 Å². The van der Waals surface area contributed by atoms with Crippen molar-refractivity contribution in [3.63, 3.8) is 0 Å². The van der Waals surface area contributed by atoms with E-state index in [1.165, 1.54) is 11.3 Å². The van der Waals surface area contributed by atoms with Crippen LogP contribution in [0.3, 0.4) is 0 Å². The summed E-state index contributed by atoms with van der Waals surface area (Å²) in [5, 5.41) is 3.41. The molecule has 2 amide bonds. The lowest BCUT2D eigenvalue weighted by atomic mass is 10.1. The molecule has 7 heteroatoms. The van der Waals surface area contributed by atoms with Gasteiger partial charge in [0.2, 0.25) is 5.91 Å². The Kier molecular flexibility index (Phi) is 6.69. The van der Waals surface area contributed by atoms with Gasteiger partial charge in [0.25, 0.3) is 5.91 Å². The van der Waals surface area contributed by atoms with Gasteiger partial charge in [-0.25, -0.2) is 4.79 Å². The van der Waals surface area contributed by atoms with Crippen LogP contribution >= 0.6 is 11.3 Å². The predicted octanol–water partition coefficient (Wildman–Crippen LogP) is 4.17. The van der Waals surface area contributed by atoms with Gasteiger partial charge in [-0.05, 0) is 49.9 Å². The number of nitrogens with zero attached hydrogens (tertiary/aromatic N) is 1. The van der Waals surface area contributed by atoms with Crippen molar-refractivity contribution in [3.8, 4) is 0 Å². The maximum absolute atomic E-state index is 12.9. The highest BCUT2D eigenvalue weighted by atomic mass is 32.1. The van der Waals surface area contributed by atoms with E-state index in [1.54, 1.807) is 19.1 Å². The summed E-state index contributed by atoms with van der Waals surface area (Å²) in [5.74, 6) is -0.542. The second-order valence-electron chi connectivity index (χ2n) is 6.99. The molecule has 6 nitrogen and oxygen atoms in total. The quantitative estimate of drug-likeness (QED) is 0.690. The van der Waals surface area contributed by atoms with Crippen molar-refractivity contribution in [2.45, 2.75) is 46.6 Å². The first kappa shape index (κ1) is 21.0. The van der Waals surface area contributed by atoms with Crippen LogP contribution in [0, 0.1) is 6.92 Å². The number of esters is 1. The summed E-state index contributed by atoms with van der Waals surface area (Å²) in [5.41, 5.74) is 2.76. The second kappa shape index (κ2) is 9.22. The molecule has 154 valence electrons. The lowest BCUT2D eigenvalue weighted by Crippen LogP contribution is -2.24. The van der Waals surface area contributed by atoms with Crippen molar-refractivity contribution in [1.29, 1.82) is 0 Å². The number of rotatable bonds is 7. The number of amides is 2. The van der Waals surface area contributed by atoms with E-state index in [4.69, 9.17) is 4.74 Å². The molecule has 0 spiro atoms. The van der Waals surface area contributed by atoms with E-state index in [0.717, 1.165) is 29.0 Å². The molecule has 1 aromatic carbocycles. The summed E-state index contributed by atoms with van der Waals surface area (Å²) in [4.78, 5) is 40.0. The van der Waals surface area contributed by atoms with Crippen LogP contribution < -0.4 is 5.32 Å². The fourth-order valence-electron chi connectivity index (χ4n) is 3.59. The SMILES string of the molecule is CCOC(=O)c1c(NC(=O)c2cccc(CN3CCCC3=O)c2)sc(C)c1CC. The third-order valence-corrected chi connectivity index (χ3v) is 6.07. The van der Waals surface area contributed by atoms with Gasteiger partial charge in [0.15, 0.2) is 0 Å². The van der Waals surface area contributed by atoms with Crippen LogP contribution in [0.4, 0.5) is 5.00 Å². The zero-order valence-corrected chi connectivity index (χ0v) is 17.9. The highest BCUT2D eigenvalue weighted by Gasteiger charge is 2.24. The molecule has 1 saturated heterocycles. The van der Waals surface area contributed by atoms with Crippen LogP contribution in [0.25, 0.3) is 0 Å². The molecule has 0 radical (unpaired) electrons. The van der Waals surface area contributed by atoms with Crippen LogP contribution in [-0.4, -0.2) is 35.8 Å². The van der Waals surface area contributed by atoms with E-state index in [-0.39, 0.29) is 18.4 Å². The van der Waals surface area contributed by atoms with E-state index in [9.17, 15) is 14.4 Å². The summed E-state index contributed by atoms with van der Waals surface area (Å²) >= 11 is 1.39. The standard InChI is InChI=1S/C22H26N2O4S/c1-4-17-14(3)29-21(19(17)22(27)28-5-2)23-20(26)16-9-6-8-15(12-16)13-24-11-7-10-18(24)25/h6,8-9,12H,4-5,7,10-11,13H2,1-3H3,(H,23,26). The number of hydrogen-bond acceptors (Lipinski definition) is 5. The minimum Gasteiger partial charge on any atom is -0.462 e. The molecule has 0 aliphatic carbocycles. The molecule has 2 aromatic rings. The Hall–Kier alpha value is -2.67. The molecule has 29 heavy (non-hydrogen) atoms. The molecule has 0 saturated carbocycles.